The summed E-state index contributed by atoms with van der Waals surface area (Å²) in [5.74, 6) is 0.466. The lowest BCUT2D eigenvalue weighted by Gasteiger charge is -2.24. The molecule has 0 bridgehead atoms. The van der Waals surface area contributed by atoms with Crippen LogP contribution in [0.2, 0.25) is 0 Å². The molecule has 0 aliphatic heterocycles. The third-order valence-electron chi connectivity index (χ3n) is 5.25. The molecule has 0 saturated carbocycles. The highest BCUT2D eigenvalue weighted by Gasteiger charge is 2.22. The summed E-state index contributed by atoms with van der Waals surface area (Å²) in [6.45, 7) is 16.7. The van der Waals surface area contributed by atoms with Gasteiger partial charge in [0.05, 0.1) is 0 Å². The zero-order chi connectivity index (χ0) is 25.1. The predicted octanol–water partition coefficient (Wildman–Crippen LogP) is 6.71. The van der Waals surface area contributed by atoms with Crippen LogP contribution in [0.15, 0.2) is 58.4 Å². The van der Waals surface area contributed by atoms with Crippen molar-refractivity contribution in [1.82, 2.24) is 0 Å². The Hall–Kier alpha value is -2.79. The third-order valence-corrected chi connectivity index (χ3v) is 6.57. The molecule has 1 aliphatic carbocycles. The lowest BCUT2D eigenvalue weighted by Crippen LogP contribution is -2.12. The standard InChI is InChI=1S/C22H30O2S.C6H4O2/c1-13-9-17(23)15(21(3,4)5)11-19(13)25-20-12-16(22(6,7)8)18(24)10-14(20)2;7-5-1-2-6(8)4-3-5/h9-12,23-24H,1-8H3;1-4H. The summed E-state index contributed by atoms with van der Waals surface area (Å²) in [6.07, 6.45) is 5.01. The predicted molar refractivity (Wildman–Crippen MR) is 136 cm³/mol. The smallest absolute Gasteiger partial charge is 0.178 e. The summed E-state index contributed by atoms with van der Waals surface area (Å²) in [7, 11) is 0. The molecule has 176 valence electrons. The average molecular weight is 467 g/mol. The van der Waals surface area contributed by atoms with Gasteiger partial charge in [-0.05, 0) is 84.4 Å². The van der Waals surface area contributed by atoms with Crippen molar-refractivity contribution in [1.29, 1.82) is 0 Å². The van der Waals surface area contributed by atoms with Crippen molar-refractivity contribution >= 4 is 23.3 Å². The second-order valence-electron chi connectivity index (χ2n) is 10.3. The summed E-state index contributed by atoms with van der Waals surface area (Å²) in [4.78, 5) is 22.8. The Kier molecular flexibility index (Phi) is 8.02. The molecular formula is C28H34O4S. The van der Waals surface area contributed by atoms with Crippen molar-refractivity contribution in [2.24, 2.45) is 0 Å². The largest absolute Gasteiger partial charge is 0.508 e. The van der Waals surface area contributed by atoms with Crippen LogP contribution in [0.25, 0.3) is 0 Å². The molecule has 33 heavy (non-hydrogen) atoms. The number of allylic oxidation sites excluding steroid dienone is 4. The van der Waals surface area contributed by atoms with Crippen LogP contribution in [-0.2, 0) is 20.4 Å². The quantitative estimate of drug-likeness (QED) is 0.481. The second kappa shape index (κ2) is 10.0. The minimum atomic E-state index is -0.121. The van der Waals surface area contributed by atoms with Crippen molar-refractivity contribution in [2.45, 2.75) is 76.0 Å². The van der Waals surface area contributed by atoms with Gasteiger partial charge in [-0.15, -0.1) is 0 Å². The SMILES string of the molecule is Cc1cc(O)c(C(C)(C)C)cc1Sc1cc(C(C)(C)C)c(O)cc1C.O=C1C=CC(=O)C=C1. The minimum Gasteiger partial charge on any atom is -0.508 e. The van der Waals surface area contributed by atoms with E-state index in [4.69, 9.17) is 0 Å². The molecule has 0 fully saturated rings. The lowest BCUT2D eigenvalue weighted by molar-refractivity contribution is -0.113. The fraction of sp³-hybridized carbons (Fsp3) is 0.357. The van der Waals surface area contributed by atoms with Crippen LogP contribution < -0.4 is 0 Å². The fourth-order valence-corrected chi connectivity index (χ4v) is 4.36. The Morgan fingerprint density at radius 1 is 0.606 bits per heavy atom. The number of carbonyl (C=O) groups excluding carboxylic acids is 2. The molecule has 0 spiro atoms. The van der Waals surface area contributed by atoms with Gasteiger partial charge in [0.1, 0.15) is 11.5 Å². The van der Waals surface area contributed by atoms with Crippen LogP contribution in [0.5, 0.6) is 11.5 Å². The van der Waals surface area contributed by atoms with Gasteiger partial charge in [0.25, 0.3) is 0 Å². The zero-order valence-corrected chi connectivity index (χ0v) is 21.6. The minimum absolute atomic E-state index is 0.117. The Balaban J connectivity index is 0.000000405. The molecule has 3 rings (SSSR count). The monoisotopic (exact) mass is 466 g/mol. The summed E-state index contributed by atoms with van der Waals surface area (Å²) >= 11 is 1.70. The van der Waals surface area contributed by atoms with E-state index in [0.717, 1.165) is 32.0 Å². The van der Waals surface area contributed by atoms with E-state index in [1.165, 1.54) is 24.3 Å². The number of aromatic hydroxyl groups is 2. The number of phenolic OH excluding ortho intramolecular Hbond substituents is 2. The summed E-state index contributed by atoms with van der Waals surface area (Å²) < 4.78 is 0. The van der Waals surface area contributed by atoms with Gasteiger partial charge in [-0.2, -0.15) is 0 Å². The molecule has 2 N–H and O–H groups in total. The van der Waals surface area contributed by atoms with Crippen LogP contribution in [-0.4, -0.2) is 21.8 Å². The van der Waals surface area contributed by atoms with Gasteiger partial charge < -0.3 is 10.2 Å². The molecule has 0 aromatic heterocycles. The number of carbonyl (C=O) groups is 2. The highest BCUT2D eigenvalue weighted by Crippen LogP contribution is 2.42. The number of ketones is 2. The first-order chi connectivity index (χ1) is 15.1. The first-order valence-electron chi connectivity index (χ1n) is 10.9. The van der Waals surface area contributed by atoms with Crippen molar-refractivity contribution in [3.8, 4) is 11.5 Å². The molecule has 2 aromatic rings. The van der Waals surface area contributed by atoms with Crippen LogP contribution in [0, 0.1) is 13.8 Å². The van der Waals surface area contributed by atoms with Gasteiger partial charge in [-0.3, -0.25) is 9.59 Å². The third kappa shape index (κ3) is 7.10. The highest BCUT2D eigenvalue weighted by atomic mass is 32.2. The number of phenols is 2. The molecule has 0 radical (unpaired) electrons. The van der Waals surface area contributed by atoms with Gasteiger partial charge >= 0.3 is 0 Å². The van der Waals surface area contributed by atoms with Crippen LogP contribution in [0.4, 0.5) is 0 Å². The van der Waals surface area contributed by atoms with Crippen LogP contribution in [0.3, 0.4) is 0 Å². The Morgan fingerprint density at radius 3 is 1.18 bits per heavy atom. The van der Waals surface area contributed by atoms with Gasteiger partial charge in [-0.1, -0.05) is 53.3 Å². The molecule has 2 aromatic carbocycles. The zero-order valence-electron chi connectivity index (χ0n) is 20.7. The van der Waals surface area contributed by atoms with Crippen molar-refractivity contribution < 1.29 is 19.8 Å². The second-order valence-corrected chi connectivity index (χ2v) is 11.4. The van der Waals surface area contributed by atoms with E-state index in [2.05, 4.69) is 53.7 Å². The summed E-state index contributed by atoms with van der Waals surface area (Å²) in [5, 5.41) is 20.6. The van der Waals surface area contributed by atoms with E-state index in [9.17, 15) is 19.8 Å². The maximum atomic E-state index is 10.3. The van der Waals surface area contributed by atoms with E-state index in [0.29, 0.717) is 11.5 Å². The number of hydrogen-bond donors (Lipinski definition) is 2. The van der Waals surface area contributed by atoms with E-state index < -0.39 is 0 Å². The summed E-state index contributed by atoms with van der Waals surface area (Å²) in [6, 6.07) is 7.89. The van der Waals surface area contributed by atoms with Crippen LogP contribution >= 0.6 is 11.8 Å². The number of rotatable bonds is 2. The molecule has 0 unspecified atom stereocenters. The van der Waals surface area contributed by atoms with E-state index in [1.807, 2.05) is 26.0 Å². The van der Waals surface area contributed by atoms with Crippen molar-refractivity contribution in [2.75, 3.05) is 0 Å². The first-order valence-corrected chi connectivity index (χ1v) is 11.7. The number of hydrogen-bond acceptors (Lipinski definition) is 5. The molecule has 0 heterocycles. The number of benzene rings is 2. The van der Waals surface area contributed by atoms with E-state index in [1.54, 1.807) is 11.8 Å². The van der Waals surface area contributed by atoms with Gasteiger partial charge in [-0.25, -0.2) is 0 Å². The fourth-order valence-electron chi connectivity index (χ4n) is 3.33. The van der Waals surface area contributed by atoms with Gasteiger partial charge in [0, 0.05) is 20.9 Å². The van der Waals surface area contributed by atoms with E-state index >= 15 is 0 Å². The molecular weight excluding hydrogens is 432 g/mol. The van der Waals surface area contributed by atoms with Crippen molar-refractivity contribution in [3.63, 3.8) is 0 Å². The first kappa shape index (κ1) is 26.5. The normalized spacial score (nSPS) is 13.7. The van der Waals surface area contributed by atoms with E-state index in [-0.39, 0.29) is 22.4 Å². The topological polar surface area (TPSA) is 74.6 Å². The molecule has 4 nitrogen and oxygen atoms in total. The maximum absolute atomic E-state index is 10.3. The Bertz CT molecular complexity index is 1020. The maximum Gasteiger partial charge on any atom is 0.178 e. The molecule has 1 aliphatic rings. The molecule has 0 saturated heterocycles. The van der Waals surface area contributed by atoms with Crippen LogP contribution in [0.1, 0.15) is 63.8 Å². The number of aryl methyl sites for hydroxylation is 2. The average Bonchev–Trinajstić information content (AvgIpc) is 2.66. The van der Waals surface area contributed by atoms with Gasteiger partial charge in [0.15, 0.2) is 11.6 Å². The molecule has 0 amide bonds. The van der Waals surface area contributed by atoms with Gasteiger partial charge in [0.2, 0.25) is 0 Å². The molecule has 5 heteroatoms. The Labute approximate surface area is 201 Å². The van der Waals surface area contributed by atoms with Crippen molar-refractivity contribution in [3.05, 3.63) is 70.8 Å². The lowest BCUT2D eigenvalue weighted by atomic mass is 9.86. The summed E-state index contributed by atoms with van der Waals surface area (Å²) in [5.41, 5.74) is 3.78. The highest BCUT2D eigenvalue weighted by molar-refractivity contribution is 7.99. The molecule has 0 atom stereocenters. The Morgan fingerprint density at radius 2 is 0.909 bits per heavy atom.